The van der Waals surface area contributed by atoms with Crippen molar-refractivity contribution in [3.63, 3.8) is 0 Å². The molecular formula is C15H14N6O3. The number of nitro benzene ring substituents is 1. The lowest BCUT2D eigenvalue weighted by Crippen LogP contribution is -2.14. The SMILES string of the molecule is O=[N+]([O-])c1ccc([C@H](O)CNc2cncc(-n3cccn3)n2)cc1. The molecule has 1 aromatic carbocycles. The van der Waals surface area contributed by atoms with Gasteiger partial charge in [-0.25, -0.2) is 9.67 Å². The van der Waals surface area contributed by atoms with Gasteiger partial charge in [-0.2, -0.15) is 5.10 Å². The summed E-state index contributed by atoms with van der Waals surface area (Å²) in [5.74, 6) is 1.04. The second kappa shape index (κ2) is 6.84. The average Bonchev–Trinajstić information content (AvgIpc) is 3.15. The van der Waals surface area contributed by atoms with Crippen LogP contribution in [0.2, 0.25) is 0 Å². The van der Waals surface area contributed by atoms with E-state index in [0.29, 0.717) is 17.2 Å². The Bertz CT molecular complexity index is 819. The van der Waals surface area contributed by atoms with Crippen molar-refractivity contribution in [1.82, 2.24) is 19.7 Å². The molecule has 122 valence electrons. The normalized spacial score (nSPS) is 11.9. The van der Waals surface area contributed by atoms with E-state index >= 15 is 0 Å². The molecule has 0 bridgehead atoms. The van der Waals surface area contributed by atoms with E-state index in [1.165, 1.54) is 30.5 Å². The number of anilines is 1. The molecule has 0 radical (unpaired) electrons. The Labute approximate surface area is 136 Å². The first-order valence-electron chi connectivity index (χ1n) is 7.12. The van der Waals surface area contributed by atoms with Crippen LogP contribution < -0.4 is 5.32 Å². The Hall–Kier alpha value is -3.33. The Morgan fingerprint density at radius 1 is 1.29 bits per heavy atom. The van der Waals surface area contributed by atoms with Crippen LogP contribution in [0.5, 0.6) is 0 Å². The quantitative estimate of drug-likeness (QED) is 0.523. The summed E-state index contributed by atoms with van der Waals surface area (Å²) < 4.78 is 1.57. The molecule has 3 aromatic rings. The third kappa shape index (κ3) is 3.52. The number of nitrogens with zero attached hydrogens (tertiary/aromatic N) is 5. The van der Waals surface area contributed by atoms with Crippen LogP contribution in [0.15, 0.2) is 55.1 Å². The van der Waals surface area contributed by atoms with E-state index in [9.17, 15) is 15.2 Å². The van der Waals surface area contributed by atoms with Crippen molar-refractivity contribution >= 4 is 11.5 Å². The minimum Gasteiger partial charge on any atom is -0.387 e. The van der Waals surface area contributed by atoms with Crippen LogP contribution in [0.1, 0.15) is 11.7 Å². The van der Waals surface area contributed by atoms with Gasteiger partial charge in [-0.05, 0) is 23.8 Å². The molecule has 0 spiro atoms. The fraction of sp³-hybridized carbons (Fsp3) is 0.133. The van der Waals surface area contributed by atoms with Gasteiger partial charge in [-0.1, -0.05) is 0 Å². The van der Waals surface area contributed by atoms with E-state index < -0.39 is 11.0 Å². The summed E-state index contributed by atoms with van der Waals surface area (Å²) >= 11 is 0. The molecule has 0 amide bonds. The summed E-state index contributed by atoms with van der Waals surface area (Å²) in [5, 5.41) is 27.9. The topological polar surface area (TPSA) is 119 Å². The van der Waals surface area contributed by atoms with Crippen molar-refractivity contribution in [2.45, 2.75) is 6.10 Å². The summed E-state index contributed by atoms with van der Waals surface area (Å²) in [6.45, 7) is 0.190. The number of nitrogens with one attached hydrogen (secondary N) is 1. The van der Waals surface area contributed by atoms with Gasteiger partial charge in [-0.3, -0.25) is 15.1 Å². The predicted molar refractivity (Wildman–Crippen MR) is 85.7 cm³/mol. The van der Waals surface area contributed by atoms with Crippen LogP contribution in [0, 0.1) is 10.1 Å². The third-order valence-corrected chi connectivity index (χ3v) is 3.33. The fourth-order valence-electron chi connectivity index (χ4n) is 2.09. The van der Waals surface area contributed by atoms with Gasteiger partial charge in [-0.15, -0.1) is 0 Å². The monoisotopic (exact) mass is 326 g/mol. The van der Waals surface area contributed by atoms with E-state index in [1.807, 2.05) is 0 Å². The maximum Gasteiger partial charge on any atom is 0.269 e. The number of aromatic nitrogens is 4. The van der Waals surface area contributed by atoms with Crippen LogP contribution >= 0.6 is 0 Å². The van der Waals surface area contributed by atoms with E-state index in [4.69, 9.17) is 0 Å². The van der Waals surface area contributed by atoms with E-state index in [2.05, 4.69) is 20.4 Å². The first-order chi connectivity index (χ1) is 11.6. The molecule has 9 nitrogen and oxygen atoms in total. The van der Waals surface area contributed by atoms with Crippen molar-refractivity contribution in [3.05, 3.63) is 70.8 Å². The van der Waals surface area contributed by atoms with Crippen LogP contribution in [0.25, 0.3) is 5.82 Å². The van der Waals surface area contributed by atoms with Gasteiger partial charge in [0.1, 0.15) is 5.82 Å². The summed E-state index contributed by atoms with van der Waals surface area (Å²) in [5.41, 5.74) is 0.556. The second-order valence-corrected chi connectivity index (χ2v) is 4.96. The molecule has 0 saturated heterocycles. The molecule has 2 N–H and O–H groups in total. The van der Waals surface area contributed by atoms with Gasteiger partial charge in [0.25, 0.3) is 5.69 Å². The minimum absolute atomic E-state index is 0.0169. The number of hydrogen-bond donors (Lipinski definition) is 2. The molecule has 0 unspecified atom stereocenters. The number of non-ortho nitro benzene ring substituents is 1. The first-order valence-corrected chi connectivity index (χ1v) is 7.12. The number of aliphatic hydroxyl groups excluding tert-OH is 1. The summed E-state index contributed by atoms with van der Waals surface area (Å²) in [4.78, 5) is 18.6. The molecule has 0 aliphatic rings. The van der Waals surface area contributed by atoms with Gasteiger partial charge in [0.05, 0.1) is 23.4 Å². The zero-order valence-corrected chi connectivity index (χ0v) is 12.5. The summed E-state index contributed by atoms with van der Waals surface area (Å²) in [6, 6.07) is 7.54. The predicted octanol–water partition coefficient (Wildman–Crippen LogP) is 1.72. The molecule has 2 aromatic heterocycles. The average molecular weight is 326 g/mol. The van der Waals surface area contributed by atoms with E-state index in [-0.39, 0.29) is 12.2 Å². The standard InChI is InChI=1S/C15H14N6O3/c22-13(11-2-4-12(5-3-11)21(23)24)8-17-14-9-16-10-15(19-14)20-7-1-6-18-20/h1-7,9-10,13,22H,8H2,(H,17,19)/t13-/m1/s1. The molecule has 0 aliphatic heterocycles. The number of aliphatic hydroxyl groups is 1. The maximum absolute atomic E-state index is 10.6. The minimum atomic E-state index is -0.832. The number of rotatable bonds is 6. The van der Waals surface area contributed by atoms with Gasteiger partial charge >= 0.3 is 0 Å². The smallest absolute Gasteiger partial charge is 0.269 e. The third-order valence-electron chi connectivity index (χ3n) is 3.33. The molecule has 3 rings (SSSR count). The van der Waals surface area contributed by atoms with Crippen molar-refractivity contribution in [3.8, 4) is 5.82 Å². The van der Waals surface area contributed by atoms with Crippen molar-refractivity contribution in [2.24, 2.45) is 0 Å². The fourth-order valence-corrected chi connectivity index (χ4v) is 2.09. The highest BCUT2D eigenvalue weighted by atomic mass is 16.6. The molecule has 0 saturated carbocycles. The summed E-state index contributed by atoms with van der Waals surface area (Å²) in [7, 11) is 0. The first kappa shape index (κ1) is 15.6. The van der Waals surface area contributed by atoms with E-state index in [0.717, 1.165) is 0 Å². The van der Waals surface area contributed by atoms with Crippen molar-refractivity contribution in [2.75, 3.05) is 11.9 Å². The Morgan fingerprint density at radius 2 is 2.08 bits per heavy atom. The molecule has 9 heteroatoms. The Kier molecular flexibility index (Phi) is 4.43. The highest BCUT2D eigenvalue weighted by Gasteiger charge is 2.11. The van der Waals surface area contributed by atoms with Crippen LogP contribution in [-0.4, -0.2) is 36.3 Å². The molecular weight excluding hydrogens is 312 g/mol. The Balaban J connectivity index is 1.65. The lowest BCUT2D eigenvalue weighted by molar-refractivity contribution is -0.384. The van der Waals surface area contributed by atoms with Crippen LogP contribution in [0.4, 0.5) is 11.5 Å². The maximum atomic E-state index is 10.6. The molecule has 24 heavy (non-hydrogen) atoms. The molecule has 0 aliphatic carbocycles. The van der Waals surface area contributed by atoms with Crippen LogP contribution in [-0.2, 0) is 0 Å². The van der Waals surface area contributed by atoms with Crippen LogP contribution in [0.3, 0.4) is 0 Å². The van der Waals surface area contributed by atoms with Gasteiger partial charge in [0.15, 0.2) is 5.82 Å². The second-order valence-electron chi connectivity index (χ2n) is 4.96. The Morgan fingerprint density at radius 3 is 2.75 bits per heavy atom. The lowest BCUT2D eigenvalue weighted by Gasteiger charge is -2.12. The summed E-state index contributed by atoms with van der Waals surface area (Å²) in [6.07, 6.45) is 5.67. The van der Waals surface area contributed by atoms with Gasteiger partial charge in [0, 0.05) is 31.1 Å². The number of benzene rings is 1. The van der Waals surface area contributed by atoms with Gasteiger partial charge < -0.3 is 10.4 Å². The highest BCUT2D eigenvalue weighted by molar-refractivity contribution is 5.37. The largest absolute Gasteiger partial charge is 0.387 e. The molecule has 1 atom stereocenters. The van der Waals surface area contributed by atoms with Crippen molar-refractivity contribution in [1.29, 1.82) is 0 Å². The zero-order chi connectivity index (χ0) is 16.9. The molecule has 0 fully saturated rings. The highest BCUT2D eigenvalue weighted by Crippen LogP contribution is 2.18. The number of nitro groups is 1. The zero-order valence-electron chi connectivity index (χ0n) is 12.5. The van der Waals surface area contributed by atoms with E-state index in [1.54, 1.807) is 29.3 Å². The van der Waals surface area contributed by atoms with Crippen molar-refractivity contribution < 1.29 is 10.0 Å². The lowest BCUT2D eigenvalue weighted by atomic mass is 10.1. The van der Waals surface area contributed by atoms with Gasteiger partial charge in [0.2, 0.25) is 0 Å². The molecule has 2 heterocycles. The number of hydrogen-bond acceptors (Lipinski definition) is 7.